The van der Waals surface area contributed by atoms with Gasteiger partial charge in [0, 0.05) is 25.6 Å². The third-order valence-corrected chi connectivity index (χ3v) is 3.84. The molecule has 0 N–H and O–H groups in total. The maximum absolute atomic E-state index is 13.1. The molecule has 0 spiro atoms. The Kier molecular flexibility index (Phi) is 5.13. The van der Waals surface area contributed by atoms with Crippen LogP contribution in [0.15, 0.2) is 18.2 Å². The Morgan fingerprint density at radius 2 is 2.30 bits per heavy atom. The number of Topliss-reactive ketones (excluding diaryl/α,β-unsaturated/α-hetero) is 1. The molecular weight excluding hydrogens is 281 g/mol. The summed E-state index contributed by atoms with van der Waals surface area (Å²) in [5, 5.41) is 0.0451. The summed E-state index contributed by atoms with van der Waals surface area (Å²) in [5.74, 6) is -0.458. The minimum absolute atomic E-state index is 0.0121. The van der Waals surface area contributed by atoms with Crippen LogP contribution in [0.5, 0.6) is 0 Å². The third kappa shape index (κ3) is 3.78. The Balaban J connectivity index is 1.98. The Labute approximate surface area is 123 Å². The van der Waals surface area contributed by atoms with Gasteiger partial charge in [0.05, 0.1) is 11.6 Å². The Hall–Kier alpha value is -0.970. The molecule has 0 aromatic heterocycles. The van der Waals surface area contributed by atoms with Crippen molar-refractivity contribution >= 4 is 17.4 Å². The fourth-order valence-electron chi connectivity index (χ4n) is 2.30. The lowest BCUT2D eigenvalue weighted by Gasteiger charge is -2.34. The van der Waals surface area contributed by atoms with Crippen LogP contribution in [0.4, 0.5) is 4.39 Å². The summed E-state index contributed by atoms with van der Waals surface area (Å²) in [6, 6.07) is 4.77. The Morgan fingerprint density at radius 1 is 1.55 bits per heavy atom. The van der Waals surface area contributed by atoms with Crippen molar-refractivity contribution < 1.29 is 13.9 Å². The van der Waals surface area contributed by atoms with Gasteiger partial charge in [0.2, 0.25) is 0 Å². The van der Waals surface area contributed by atoms with E-state index in [0.29, 0.717) is 24.8 Å². The number of halogens is 2. The number of hydrogen-bond donors (Lipinski definition) is 0. The van der Waals surface area contributed by atoms with Gasteiger partial charge >= 0.3 is 0 Å². The topological polar surface area (TPSA) is 29.5 Å². The number of hydrogen-bond acceptors (Lipinski definition) is 3. The van der Waals surface area contributed by atoms with Crippen molar-refractivity contribution in [2.45, 2.75) is 32.4 Å². The molecule has 0 amide bonds. The number of rotatable bonds is 4. The van der Waals surface area contributed by atoms with E-state index in [1.165, 1.54) is 12.1 Å². The van der Waals surface area contributed by atoms with E-state index in [2.05, 4.69) is 18.7 Å². The summed E-state index contributed by atoms with van der Waals surface area (Å²) < 4.78 is 18.6. The highest BCUT2D eigenvalue weighted by Crippen LogP contribution is 2.18. The first-order valence-corrected chi connectivity index (χ1v) is 7.17. The van der Waals surface area contributed by atoms with Gasteiger partial charge in [-0.05, 0) is 31.5 Å². The van der Waals surface area contributed by atoms with Crippen LogP contribution in [0, 0.1) is 5.82 Å². The molecule has 1 atom stereocenters. The summed E-state index contributed by atoms with van der Waals surface area (Å²) in [4.78, 5) is 14.5. The van der Waals surface area contributed by atoms with Gasteiger partial charge in [-0.3, -0.25) is 9.69 Å². The van der Waals surface area contributed by atoms with Crippen LogP contribution in [0.1, 0.15) is 19.4 Å². The summed E-state index contributed by atoms with van der Waals surface area (Å²) >= 11 is 5.72. The summed E-state index contributed by atoms with van der Waals surface area (Å²) in [6.07, 6.45) is -0.189. The normalized spacial score (nSPS) is 20.4. The lowest BCUT2D eigenvalue weighted by atomic mass is 10.0. The van der Waals surface area contributed by atoms with Gasteiger partial charge in [0.1, 0.15) is 11.9 Å². The molecule has 5 heteroatoms. The molecule has 3 nitrogen and oxygen atoms in total. The Bertz CT molecular complexity index is 493. The molecule has 110 valence electrons. The summed E-state index contributed by atoms with van der Waals surface area (Å²) in [5.41, 5.74) is 0.715. The molecule has 20 heavy (non-hydrogen) atoms. The number of nitrogens with zero attached hydrogens (tertiary/aromatic N) is 1. The molecule has 1 aliphatic rings. The number of carbonyl (C=O) groups is 1. The lowest BCUT2D eigenvalue weighted by Crippen LogP contribution is -2.49. The standard InChI is InChI=1S/C15H19ClFNO2/c1-10(2)18-5-6-20-15(9-18)14(19)8-11-3-4-13(17)12(16)7-11/h3-4,7,10,15H,5-6,8-9H2,1-2H3. The highest BCUT2D eigenvalue weighted by Gasteiger charge is 2.27. The molecule has 0 saturated carbocycles. The van der Waals surface area contributed by atoms with Gasteiger partial charge < -0.3 is 4.74 Å². The largest absolute Gasteiger partial charge is 0.368 e. The molecule has 0 bridgehead atoms. The van der Waals surface area contributed by atoms with Gasteiger partial charge in [-0.25, -0.2) is 4.39 Å². The lowest BCUT2D eigenvalue weighted by molar-refractivity contribution is -0.136. The second-order valence-electron chi connectivity index (χ2n) is 5.34. The van der Waals surface area contributed by atoms with Crippen LogP contribution in [0.25, 0.3) is 0 Å². The van der Waals surface area contributed by atoms with Crippen molar-refractivity contribution in [1.29, 1.82) is 0 Å². The van der Waals surface area contributed by atoms with E-state index >= 15 is 0 Å². The van der Waals surface area contributed by atoms with E-state index < -0.39 is 11.9 Å². The zero-order chi connectivity index (χ0) is 14.7. The van der Waals surface area contributed by atoms with Gasteiger partial charge in [-0.2, -0.15) is 0 Å². The smallest absolute Gasteiger partial charge is 0.167 e. The Morgan fingerprint density at radius 3 is 2.95 bits per heavy atom. The SMILES string of the molecule is CC(C)N1CCOC(C(=O)Cc2ccc(F)c(Cl)c2)C1. The summed E-state index contributed by atoms with van der Waals surface area (Å²) in [7, 11) is 0. The zero-order valence-corrected chi connectivity index (χ0v) is 12.5. The zero-order valence-electron chi connectivity index (χ0n) is 11.7. The van der Waals surface area contributed by atoms with Crippen molar-refractivity contribution in [3.05, 3.63) is 34.6 Å². The molecular formula is C15H19ClFNO2. The molecule has 1 aliphatic heterocycles. The minimum Gasteiger partial charge on any atom is -0.368 e. The van der Waals surface area contributed by atoms with Gasteiger partial charge in [0.25, 0.3) is 0 Å². The quantitative estimate of drug-likeness (QED) is 0.856. The maximum Gasteiger partial charge on any atom is 0.167 e. The van der Waals surface area contributed by atoms with Gasteiger partial charge in [-0.1, -0.05) is 17.7 Å². The van der Waals surface area contributed by atoms with E-state index in [4.69, 9.17) is 16.3 Å². The molecule has 0 aliphatic carbocycles. The molecule has 1 heterocycles. The average molecular weight is 300 g/mol. The number of morpholine rings is 1. The number of ether oxygens (including phenoxy) is 1. The van der Waals surface area contributed by atoms with Crippen molar-refractivity contribution in [1.82, 2.24) is 4.90 Å². The van der Waals surface area contributed by atoms with Crippen LogP contribution in [-0.4, -0.2) is 42.5 Å². The minimum atomic E-state index is -0.470. The average Bonchev–Trinajstić information content (AvgIpc) is 2.43. The van der Waals surface area contributed by atoms with E-state index in [1.807, 2.05) is 0 Å². The third-order valence-electron chi connectivity index (χ3n) is 3.55. The van der Waals surface area contributed by atoms with E-state index in [0.717, 1.165) is 6.54 Å². The highest BCUT2D eigenvalue weighted by atomic mass is 35.5. The van der Waals surface area contributed by atoms with Crippen molar-refractivity contribution in [2.75, 3.05) is 19.7 Å². The van der Waals surface area contributed by atoms with Crippen LogP contribution < -0.4 is 0 Å². The second kappa shape index (κ2) is 6.66. The first-order valence-electron chi connectivity index (χ1n) is 6.79. The fraction of sp³-hybridized carbons (Fsp3) is 0.533. The van der Waals surface area contributed by atoms with Crippen molar-refractivity contribution in [2.24, 2.45) is 0 Å². The van der Waals surface area contributed by atoms with E-state index in [-0.39, 0.29) is 17.2 Å². The first kappa shape index (κ1) is 15.4. The van der Waals surface area contributed by atoms with Gasteiger partial charge in [-0.15, -0.1) is 0 Å². The number of ketones is 1. The van der Waals surface area contributed by atoms with Gasteiger partial charge in [0.15, 0.2) is 5.78 Å². The van der Waals surface area contributed by atoms with E-state index in [9.17, 15) is 9.18 Å². The van der Waals surface area contributed by atoms with Crippen LogP contribution in [0.2, 0.25) is 5.02 Å². The molecule has 1 saturated heterocycles. The molecule has 1 unspecified atom stereocenters. The second-order valence-corrected chi connectivity index (χ2v) is 5.75. The monoisotopic (exact) mass is 299 g/mol. The predicted molar refractivity (Wildman–Crippen MR) is 76.6 cm³/mol. The molecule has 0 radical (unpaired) electrons. The fourth-order valence-corrected chi connectivity index (χ4v) is 2.50. The summed E-state index contributed by atoms with van der Waals surface area (Å²) in [6.45, 7) is 6.24. The maximum atomic E-state index is 13.1. The van der Waals surface area contributed by atoms with Crippen LogP contribution in [-0.2, 0) is 16.0 Å². The van der Waals surface area contributed by atoms with Crippen LogP contribution >= 0.6 is 11.6 Å². The predicted octanol–water partition coefficient (Wildman–Crippen LogP) is 2.70. The first-order chi connectivity index (χ1) is 9.47. The molecule has 1 fully saturated rings. The van der Waals surface area contributed by atoms with Crippen LogP contribution in [0.3, 0.4) is 0 Å². The van der Waals surface area contributed by atoms with Crippen molar-refractivity contribution in [3.8, 4) is 0 Å². The molecule has 2 rings (SSSR count). The van der Waals surface area contributed by atoms with E-state index in [1.54, 1.807) is 6.07 Å². The highest BCUT2D eigenvalue weighted by molar-refractivity contribution is 6.30. The molecule has 1 aromatic carbocycles. The number of benzene rings is 1. The number of carbonyl (C=O) groups excluding carboxylic acids is 1. The van der Waals surface area contributed by atoms with Crippen molar-refractivity contribution in [3.63, 3.8) is 0 Å². The molecule has 1 aromatic rings.